The number of hydrogen-bond acceptors (Lipinski definition) is 4. The van der Waals surface area contributed by atoms with Crippen molar-refractivity contribution in [2.75, 3.05) is 19.8 Å². The van der Waals surface area contributed by atoms with Gasteiger partial charge in [-0.1, -0.05) is 60.7 Å². The molecule has 0 radical (unpaired) electrons. The second kappa shape index (κ2) is 9.47. The highest BCUT2D eigenvalue weighted by molar-refractivity contribution is 5.81. The number of ether oxygens (including phenoxy) is 2. The number of carbonyl (C=O) groups excluding carboxylic acids is 2. The third-order valence-electron chi connectivity index (χ3n) is 3.36. The van der Waals surface area contributed by atoms with Crippen molar-refractivity contribution >= 4 is 11.9 Å². The van der Waals surface area contributed by atoms with Crippen LogP contribution >= 0.6 is 0 Å². The highest BCUT2D eigenvalue weighted by Gasteiger charge is 2.17. The molecule has 24 heavy (non-hydrogen) atoms. The zero-order chi connectivity index (χ0) is 17.2. The molecule has 2 rings (SSSR count). The lowest BCUT2D eigenvalue weighted by atomic mass is 9.99. The fourth-order valence-corrected chi connectivity index (χ4v) is 2.23. The second-order valence-electron chi connectivity index (χ2n) is 5.12. The van der Waals surface area contributed by atoms with Gasteiger partial charge in [-0.05, 0) is 18.1 Å². The molecule has 1 amide bonds. The third kappa shape index (κ3) is 5.52. The molecule has 0 aliphatic carbocycles. The van der Waals surface area contributed by atoms with E-state index < -0.39 is 5.97 Å². The van der Waals surface area contributed by atoms with Crippen molar-refractivity contribution in [2.45, 2.75) is 13.0 Å². The van der Waals surface area contributed by atoms with Gasteiger partial charge in [0.25, 0.3) is 5.91 Å². The molecule has 0 saturated heterocycles. The van der Waals surface area contributed by atoms with Crippen molar-refractivity contribution in [3.05, 3.63) is 71.8 Å². The van der Waals surface area contributed by atoms with Crippen molar-refractivity contribution in [3.8, 4) is 0 Å². The second-order valence-corrected chi connectivity index (χ2v) is 5.12. The topological polar surface area (TPSA) is 64.6 Å². The molecule has 2 aromatic rings. The van der Waals surface area contributed by atoms with Crippen LogP contribution in [-0.4, -0.2) is 31.7 Å². The van der Waals surface area contributed by atoms with E-state index in [1.165, 1.54) is 0 Å². The predicted octanol–water partition coefficient (Wildman–Crippen LogP) is 2.47. The Kier molecular flexibility index (Phi) is 6.98. The molecule has 0 aliphatic heterocycles. The summed E-state index contributed by atoms with van der Waals surface area (Å²) >= 11 is 0. The minimum absolute atomic E-state index is 0.148. The molecule has 0 aliphatic rings. The van der Waals surface area contributed by atoms with Gasteiger partial charge in [0, 0.05) is 6.61 Å². The number of esters is 1. The van der Waals surface area contributed by atoms with Crippen LogP contribution in [0.25, 0.3) is 0 Å². The Labute approximate surface area is 141 Å². The number of carbonyl (C=O) groups is 2. The molecule has 1 N–H and O–H groups in total. The standard InChI is InChI=1S/C19H21NO4/c1-2-23-14-18(22)24-13-17(21)20-19(15-9-5-3-6-10-15)16-11-7-4-8-12-16/h3-12,19H,2,13-14H2,1H3,(H,20,21). The first-order chi connectivity index (χ1) is 11.7. The van der Waals surface area contributed by atoms with Gasteiger partial charge in [-0.25, -0.2) is 4.79 Å². The van der Waals surface area contributed by atoms with Crippen LogP contribution < -0.4 is 5.32 Å². The van der Waals surface area contributed by atoms with Crippen LogP contribution in [0.15, 0.2) is 60.7 Å². The van der Waals surface area contributed by atoms with Gasteiger partial charge < -0.3 is 14.8 Å². The molecule has 0 bridgehead atoms. The molecular weight excluding hydrogens is 306 g/mol. The Morgan fingerprint density at radius 1 is 0.917 bits per heavy atom. The molecule has 0 atom stereocenters. The SMILES string of the molecule is CCOCC(=O)OCC(=O)NC(c1ccccc1)c1ccccc1. The summed E-state index contributed by atoms with van der Waals surface area (Å²) in [4.78, 5) is 23.6. The van der Waals surface area contributed by atoms with Crippen molar-refractivity contribution < 1.29 is 19.1 Å². The summed E-state index contributed by atoms with van der Waals surface area (Å²) < 4.78 is 9.84. The summed E-state index contributed by atoms with van der Waals surface area (Å²) in [5.74, 6) is -0.916. The Morgan fingerprint density at radius 2 is 1.46 bits per heavy atom. The number of amides is 1. The van der Waals surface area contributed by atoms with Crippen LogP contribution in [-0.2, 0) is 19.1 Å². The van der Waals surface area contributed by atoms with Gasteiger partial charge in [-0.3, -0.25) is 4.79 Å². The summed E-state index contributed by atoms with van der Waals surface area (Å²) in [6, 6.07) is 19.0. The Balaban J connectivity index is 2.01. The minimum Gasteiger partial charge on any atom is -0.454 e. The van der Waals surface area contributed by atoms with Crippen LogP contribution in [0.3, 0.4) is 0 Å². The molecular formula is C19H21NO4. The van der Waals surface area contributed by atoms with Gasteiger partial charge in [0.2, 0.25) is 0 Å². The molecule has 0 spiro atoms. The molecule has 0 aromatic heterocycles. The van der Waals surface area contributed by atoms with E-state index in [0.717, 1.165) is 11.1 Å². The van der Waals surface area contributed by atoms with Crippen molar-refractivity contribution in [3.63, 3.8) is 0 Å². The average molecular weight is 327 g/mol. The molecule has 5 heteroatoms. The first kappa shape index (κ1) is 17.7. The van der Waals surface area contributed by atoms with Crippen LogP contribution in [0.2, 0.25) is 0 Å². The van der Waals surface area contributed by atoms with Gasteiger partial charge in [-0.15, -0.1) is 0 Å². The van der Waals surface area contributed by atoms with Gasteiger partial charge in [-0.2, -0.15) is 0 Å². The minimum atomic E-state index is -0.553. The van der Waals surface area contributed by atoms with Crippen LogP contribution in [0, 0.1) is 0 Å². The van der Waals surface area contributed by atoms with E-state index in [-0.39, 0.29) is 25.2 Å². The number of nitrogens with one attached hydrogen (secondary N) is 1. The molecule has 5 nitrogen and oxygen atoms in total. The Hall–Kier alpha value is -2.66. The Morgan fingerprint density at radius 3 is 1.96 bits per heavy atom. The summed E-state index contributed by atoms with van der Waals surface area (Å²) in [5.41, 5.74) is 1.91. The van der Waals surface area contributed by atoms with E-state index in [2.05, 4.69) is 5.32 Å². The van der Waals surface area contributed by atoms with Crippen LogP contribution in [0.4, 0.5) is 0 Å². The van der Waals surface area contributed by atoms with Crippen molar-refractivity contribution in [1.82, 2.24) is 5.32 Å². The average Bonchev–Trinajstić information content (AvgIpc) is 2.64. The van der Waals surface area contributed by atoms with Gasteiger partial charge in [0.1, 0.15) is 6.61 Å². The van der Waals surface area contributed by atoms with E-state index in [1.54, 1.807) is 6.92 Å². The number of hydrogen-bond donors (Lipinski definition) is 1. The monoisotopic (exact) mass is 327 g/mol. The zero-order valence-corrected chi connectivity index (χ0v) is 13.6. The maximum absolute atomic E-state index is 12.1. The molecule has 2 aromatic carbocycles. The van der Waals surface area contributed by atoms with E-state index in [0.29, 0.717) is 6.61 Å². The summed E-state index contributed by atoms with van der Waals surface area (Å²) in [6.07, 6.45) is 0. The number of benzene rings is 2. The largest absolute Gasteiger partial charge is 0.454 e. The maximum atomic E-state index is 12.1. The highest BCUT2D eigenvalue weighted by atomic mass is 16.6. The zero-order valence-electron chi connectivity index (χ0n) is 13.6. The van der Waals surface area contributed by atoms with Crippen molar-refractivity contribution in [1.29, 1.82) is 0 Å². The maximum Gasteiger partial charge on any atom is 0.332 e. The fourth-order valence-electron chi connectivity index (χ4n) is 2.23. The Bertz CT molecular complexity index is 603. The lowest BCUT2D eigenvalue weighted by molar-refractivity contribution is -0.152. The molecule has 126 valence electrons. The van der Waals surface area contributed by atoms with E-state index in [9.17, 15) is 9.59 Å². The third-order valence-corrected chi connectivity index (χ3v) is 3.36. The number of rotatable bonds is 8. The summed E-state index contributed by atoms with van der Waals surface area (Å²) in [6.45, 7) is 1.72. The first-order valence-electron chi connectivity index (χ1n) is 7.83. The van der Waals surface area contributed by atoms with Gasteiger partial charge >= 0.3 is 5.97 Å². The molecule has 0 saturated carbocycles. The predicted molar refractivity (Wildman–Crippen MR) is 90.3 cm³/mol. The molecule has 0 heterocycles. The van der Waals surface area contributed by atoms with Crippen LogP contribution in [0.5, 0.6) is 0 Å². The van der Waals surface area contributed by atoms with Crippen LogP contribution in [0.1, 0.15) is 24.1 Å². The smallest absolute Gasteiger partial charge is 0.332 e. The first-order valence-corrected chi connectivity index (χ1v) is 7.83. The highest BCUT2D eigenvalue weighted by Crippen LogP contribution is 2.21. The van der Waals surface area contributed by atoms with Crippen molar-refractivity contribution in [2.24, 2.45) is 0 Å². The van der Waals surface area contributed by atoms with E-state index >= 15 is 0 Å². The fraction of sp³-hybridized carbons (Fsp3) is 0.263. The van der Waals surface area contributed by atoms with Gasteiger partial charge in [0.05, 0.1) is 6.04 Å². The summed E-state index contributed by atoms with van der Waals surface area (Å²) in [7, 11) is 0. The lowest BCUT2D eigenvalue weighted by Crippen LogP contribution is -2.33. The quantitative estimate of drug-likeness (QED) is 0.757. The van der Waals surface area contributed by atoms with Gasteiger partial charge in [0.15, 0.2) is 6.61 Å². The molecule has 0 fully saturated rings. The lowest BCUT2D eigenvalue weighted by Gasteiger charge is -2.19. The summed E-state index contributed by atoms with van der Waals surface area (Å²) in [5, 5.41) is 2.90. The van der Waals surface area contributed by atoms with E-state index in [4.69, 9.17) is 9.47 Å². The normalized spacial score (nSPS) is 10.4. The molecule has 0 unspecified atom stereocenters. The van der Waals surface area contributed by atoms with E-state index in [1.807, 2.05) is 60.7 Å².